The van der Waals surface area contributed by atoms with E-state index < -0.39 is 5.82 Å². The molecule has 0 N–H and O–H groups in total. The predicted octanol–water partition coefficient (Wildman–Crippen LogP) is 3.41. The molecule has 1 aliphatic heterocycles. The summed E-state index contributed by atoms with van der Waals surface area (Å²) >= 11 is 5.97. The molecule has 1 aromatic carbocycles. The van der Waals surface area contributed by atoms with Gasteiger partial charge in [0.15, 0.2) is 5.52 Å². The van der Waals surface area contributed by atoms with Crippen LogP contribution in [0.15, 0.2) is 41.5 Å². The molecule has 3 aromatic heterocycles. The highest BCUT2D eigenvalue weighted by Crippen LogP contribution is 2.34. The number of fused-ring (bicyclic) bond motifs is 1. The number of benzene rings is 1. The molecule has 0 radical (unpaired) electrons. The predicted molar refractivity (Wildman–Crippen MR) is 124 cm³/mol. The number of hydrogen-bond donors (Lipinski definition) is 0. The van der Waals surface area contributed by atoms with Crippen LogP contribution in [-0.2, 0) is 18.8 Å². The van der Waals surface area contributed by atoms with Gasteiger partial charge in [-0.2, -0.15) is 5.10 Å². The van der Waals surface area contributed by atoms with Crippen molar-refractivity contribution in [3.8, 4) is 11.1 Å². The van der Waals surface area contributed by atoms with Gasteiger partial charge in [-0.1, -0.05) is 11.6 Å². The molecule has 8 nitrogen and oxygen atoms in total. The van der Waals surface area contributed by atoms with Crippen molar-refractivity contribution in [2.45, 2.75) is 13.0 Å². The van der Waals surface area contributed by atoms with E-state index in [0.29, 0.717) is 53.0 Å². The van der Waals surface area contributed by atoms with Crippen LogP contribution in [0.1, 0.15) is 17.5 Å². The zero-order valence-electron chi connectivity index (χ0n) is 18.4. The van der Waals surface area contributed by atoms with E-state index in [1.165, 1.54) is 10.6 Å². The molecule has 1 fully saturated rings. The van der Waals surface area contributed by atoms with E-state index in [-0.39, 0.29) is 17.2 Å². The molecule has 1 saturated heterocycles. The molecule has 0 amide bonds. The van der Waals surface area contributed by atoms with Crippen molar-refractivity contribution in [1.29, 1.82) is 0 Å². The Bertz CT molecular complexity index is 1430. The minimum atomic E-state index is -0.490. The average molecular weight is 469 g/mol. The second kappa shape index (κ2) is 8.24. The van der Waals surface area contributed by atoms with Crippen molar-refractivity contribution in [2.24, 2.45) is 14.1 Å². The first-order valence-corrected chi connectivity index (χ1v) is 10.9. The summed E-state index contributed by atoms with van der Waals surface area (Å²) in [5.74, 6) is 0.587. The molecular formula is C23H22ClFN6O2. The number of ether oxygens (including phenoxy) is 1. The highest BCUT2D eigenvalue weighted by atomic mass is 35.5. The maximum atomic E-state index is 14.9. The third-order valence-electron chi connectivity index (χ3n) is 5.95. The van der Waals surface area contributed by atoms with E-state index in [0.717, 1.165) is 5.56 Å². The molecule has 10 heteroatoms. The summed E-state index contributed by atoms with van der Waals surface area (Å²) in [5.41, 5.74) is 2.03. The number of halogens is 2. The zero-order chi connectivity index (χ0) is 23.3. The highest BCUT2D eigenvalue weighted by molar-refractivity contribution is 6.30. The molecule has 0 bridgehead atoms. The van der Waals surface area contributed by atoms with Gasteiger partial charge in [0.05, 0.1) is 12.8 Å². The van der Waals surface area contributed by atoms with Gasteiger partial charge in [-0.3, -0.25) is 14.0 Å². The summed E-state index contributed by atoms with van der Waals surface area (Å²) in [5, 5.41) is 4.52. The second-order valence-electron chi connectivity index (χ2n) is 8.13. The van der Waals surface area contributed by atoms with Gasteiger partial charge in [0.25, 0.3) is 5.56 Å². The van der Waals surface area contributed by atoms with Gasteiger partial charge in [0, 0.05) is 55.1 Å². The normalized spacial score (nSPS) is 16.5. The molecule has 170 valence electrons. The van der Waals surface area contributed by atoms with Gasteiger partial charge in [-0.25, -0.2) is 14.4 Å². The molecular weight excluding hydrogens is 447 g/mol. The van der Waals surface area contributed by atoms with E-state index in [1.54, 1.807) is 43.0 Å². The highest BCUT2D eigenvalue weighted by Gasteiger charge is 2.26. The van der Waals surface area contributed by atoms with Crippen molar-refractivity contribution in [1.82, 2.24) is 24.3 Å². The molecule has 4 heterocycles. The van der Waals surface area contributed by atoms with Crippen LogP contribution in [0.3, 0.4) is 0 Å². The van der Waals surface area contributed by atoms with Crippen LogP contribution >= 0.6 is 11.6 Å². The van der Waals surface area contributed by atoms with Crippen LogP contribution in [0.5, 0.6) is 0 Å². The Morgan fingerprint density at radius 1 is 1.15 bits per heavy atom. The van der Waals surface area contributed by atoms with E-state index in [1.807, 2.05) is 18.1 Å². The topological polar surface area (TPSA) is 78.1 Å². The Kier molecular flexibility index (Phi) is 5.38. The summed E-state index contributed by atoms with van der Waals surface area (Å²) < 4.78 is 24.1. The molecule has 33 heavy (non-hydrogen) atoms. The van der Waals surface area contributed by atoms with Crippen molar-refractivity contribution >= 4 is 28.5 Å². The first kappa shape index (κ1) is 21.5. The molecule has 4 aromatic rings. The smallest absolute Gasteiger partial charge is 0.279 e. The van der Waals surface area contributed by atoms with Crippen molar-refractivity contribution in [3.63, 3.8) is 0 Å². The van der Waals surface area contributed by atoms with Crippen LogP contribution in [0.25, 0.3) is 22.2 Å². The lowest BCUT2D eigenvalue weighted by molar-refractivity contribution is 0.0395. The number of hydrogen-bond acceptors (Lipinski definition) is 6. The Hall–Kier alpha value is -3.30. The Morgan fingerprint density at radius 2 is 1.97 bits per heavy atom. The SMILES string of the molecule is Cc1nc2c(-c3ccc(Cl)cc3F)cc(N3CCO[C@@H](c4cnn(C)c4)C3)nc2c(=O)n1C. The first-order valence-electron chi connectivity index (χ1n) is 10.5. The first-order chi connectivity index (χ1) is 15.8. The lowest BCUT2D eigenvalue weighted by Gasteiger charge is -2.33. The van der Waals surface area contributed by atoms with Crippen LogP contribution in [0.2, 0.25) is 5.02 Å². The molecule has 0 unspecified atom stereocenters. The standard InChI is InChI=1S/C23H22ClFN6O2/c1-13-27-21-17(16-5-4-15(24)8-18(16)25)9-20(28-22(21)23(32)30(13)3)31-6-7-33-19(12-31)14-10-26-29(2)11-14/h4-5,8-11,19H,6-7,12H2,1-3H3/t19-/m1/s1. The van der Waals surface area contributed by atoms with Crippen LogP contribution < -0.4 is 10.5 Å². The molecule has 5 rings (SSSR count). The van der Waals surface area contributed by atoms with Crippen molar-refractivity contribution in [3.05, 3.63) is 69.2 Å². The van der Waals surface area contributed by atoms with E-state index in [9.17, 15) is 9.18 Å². The number of nitrogens with zero attached hydrogens (tertiary/aromatic N) is 6. The maximum Gasteiger partial charge on any atom is 0.279 e. The van der Waals surface area contributed by atoms with Crippen molar-refractivity contribution < 1.29 is 9.13 Å². The lowest BCUT2D eigenvalue weighted by atomic mass is 10.0. The van der Waals surface area contributed by atoms with Gasteiger partial charge >= 0.3 is 0 Å². The third kappa shape index (κ3) is 3.87. The summed E-state index contributed by atoms with van der Waals surface area (Å²) in [6.45, 7) is 3.31. The van der Waals surface area contributed by atoms with Gasteiger partial charge in [-0.05, 0) is 31.2 Å². The molecule has 0 spiro atoms. The van der Waals surface area contributed by atoms with Crippen LogP contribution in [-0.4, -0.2) is 44.0 Å². The number of aromatic nitrogens is 5. The zero-order valence-corrected chi connectivity index (χ0v) is 19.2. The number of aryl methyl sites for hydroxylation is 2. The summed E-state index contributed by atoms with van der Waals surface area (Å²) in [4.78, 5) is 24.4. The Morgan fingerprint density at radius 3 is 2.70 bits per heavy atom. The third-order valence-corrected chi connectivity index (χ3v) is 6.19. The van der Waals surface area contributed by atoms with Gasteiger partial charge in [-0.15, -0.1) is 0 Å². The average Bonchev–Trinajstić information content (AvgIpc) is 3.24. The number of rotatable bonds is 3. The van der Waals surface area contributed by atoms with Gasteiger partial charge in [0.1, 0.15) is 29.1 Å². The Balaban J connectivity index is 1.67. The number of anilines is 1. The van der Waals surface area contributed by atoms with Gasteiger partial charge in [0.2, 0.25) is 0 Å². The fraction of sp³-hybridized carbons (Fsp3) is 0.304. The molecule has 1 atom stereocenters. The molecule has 1 aliphatic rings. The van der Waals surface area contributed by atoms with E-state index in [4.69, 9.17) is 16.3 Å². The monoisotopic (exact) mass is 468 g/mol. The minimum Gasteiger partial charge on any atom is -0.370 e. The van der Waals surface area contributed by atoms with E-state index >= 15 is 0 Å². The summed E-state index contributed by atoms with van der Waals surface area (Å²) in [6.07, 6.45) is 3.50. The molecule has 0 saturated carbocycles. The van der Waals surface area contributed by atoms with Crippen molar-refractivity contribution in [2.75, 3.05) is 24.6 Å². The largest absolute Gasteiger partial charge is 0.370 e. The molecule has 0 aliphatic carbocycles. The summed E-state index contributed by atoms with van der Waals surface area (Å²) in [7, 11) is 3.50. The minimum absolute atomic E-state index is 0.189. The quantitative estimate of drug-likeness (QED) is 0.458. The fourth-order valence-electron chi connectivity index (χ4n) is 4.07. The lowest BCUT2D eigenvalue weighted by Crippen LogP contribution is -2.39. The van der Waals surface area contributed by atoms with Crippen LogP contribution in [0, 0.1) is 12.7 Å². The summed E-state index contributed by atoms with van der Waals surface area (Å²) in [6, 6.07) is 6.26. The van der Waals surface area contributed by atoms with Gasteiger partial charge < -0.3 is 9.64 Å². The van der Waals surface area contributed by atoms with E-state index in [2.05, 4.69) is 15.1 Å². The Labute approximate surface area is 194 Å². The van der Waals surface area contributed by atoms with Crippen LogP contribution in [0.4, 0.5) is 10.2 Å². The number of pyridine rings is 1. The second-order valence-corrected chi connectivity index (χ2v) is 8.56. The fourth-order valence-corrected chi connectivity index (χ4v) is 4.23. The number of morpholine rings is 1. The maximum absolute atomic E-state index is 14.9.